The van der Waals surface area contributed by atoms with E-state index in [2.05, 4.69) is 10.1 Å². The number of halogens is 3. The molecular formula is C12H15F3N2O3. The van der Waals surface area contributed by atoms with E-state index >= 15 is 0 Å². The van der Waals surface area contributed by atoms with Crippen LogP contribution in [-0.4, -0.2) is 30.5 Å². The number of hydrogen-bond acceptors (Lipinski definition) is 4. The summed E-state index contributed by atoms with van der Waals surface area (Å²) in [6.07, 6.45) is -4.84. The van der Waals surface area contributed by atoms with Gasteiger partial charge in [0.15, 0.2) is 5.75 Å². The highest BCUT2D eigenvalue weighted by molar-refractivity contribution is 5.95. The number of carbonyl (C=O) groups excluding carboxylic acids is 1. The fourth-order valence-electron chi connectivity index (χ4n) is 1.34. The van der Waals surface area contributed by atoms with Crippen LogP contribution in [0.2, 0.25) is 0 Å². The molecule has 0 aliphatic rings. The summed E-state index contributed by atoms with van der Waals surface area (Å²) >= 11 is 0. The minimum Gasteiger partial charge on any atom is -0.404 e. The van der Waals surface area contributed by atoms with Crippen LogP contribution in [0.5, 0.6) is 5.75 Å². The Morgan fingerprint density at radius 2 is 2.15 bits per heavy atom. The van der Waals surface area contributed by atoms with Gasteiger partial charge in [-0.1, -0.05) is 6.92 Å². The van der Waals surface area contributed by atoms with Gasteiger partial charge >= 0.3 is 6.36 Å². The molecule has 0 saturated carbocycles. The SMILES string of the molecule is CC(CO)CNC(=O)c1ccc(OC(F)(F)F)c(N)c1. The van der Waals surface area contributed by atoms with Crippen LogP contribution in [0.15, 0.2) is 18.2 Å². The molecule has 0 spiro atoms. The molecule has 4 N–H and O–H groups in total. The summed E-state index contributed by atoms with van der Waals surface area (Å²) in [6, 6.07) is 3.25. The van der Waals surface area contributed by atoms with E-state index in [1.54, 1.807) is 6.92 Å². The number of rotatable bonds is 5. The molecule has 0 radical (unpaired) electrons. The monoisotopic (exact) mass is 292 g/mol. The Balaban J connectivity index is 2.74. The maximum absolute atomic E-state index is 12.0. The van der Waals surface area contributed by atoms with Crippen LogP contribution < -0.4 is 15.8 Å². The summed E-state index contributed by atoms with van der Waals surface area (Å²) in [5.41, 5.74) is 5.23. The first-order valence-corrected chi connectivity index (χ1v) is 5.77. The summed E-state index contributed by atoms with van der Waals surface area (Å²) in [5.74, 6) is -1.17. The maximum Gasteiger partial charge on any atom is 0.573 e. The van der Waals surface area contributed by atoms with Gasteiger partial charge in [0.2, 0.25) is 0 Å². The van der Waals surface area contributed by atoms with Gasteiger partial charge < -0.3 is 20.9 Å². The van der Waals surface area contributed by atoms with E-state index in [1.165, 1.54) is 6.07 Å². The number of hydrogen-bond donors (Lipinski definition) is 3. The first kappa shape index (κ1) is 16.1. The topological polar surface area (TPSA) is 84.6 Å². The van der Waals surface area contributed by atoms with E-state index in [4.69, 9.17) is 10.8 Å². The number of benzene rings is 1. The van der Waals surface area contributed by atoms with Crippen molar-refractivity contribution in [2.24, 2.45) is 5.92 Å². The molecule has 112 valence electrons. The second kappa shape index (κ2) is 6.47. The van der Waals surface area contributed by atoms with Crippen LogP contribution in [0.4, 0.5) is 18.9 Å². The van der Waals surface area contributed by atoms with Gasteiger partial charge in [-0.3, -0.25) is 4.79 Å². The number of nitrogens with two attached hydrogens (primary N) is 1. The van der Waals surface area contributed by atoms with Gasteiger partial charge in [0, 0.05) is 18.7 Å². The van der Waals surface area contributed by atoms with Crippen molar-refractivity contribution in [2.75, 3.05) is 18.9 Å². The molecule has 1 aromatic carbocycles. The number of amides is 1. The summed E-state index contributed by atoms with van der Waals surface area (Å²) in [4.78, 5) is 11.7. The van der Waals surface area contributed by atoms with E-state index in [-0.39, 0.29) is 30.3 Å². The second-order valence-corrected chi connectivity index (χ2v) is 4.30. The molecule has 1 aromatic rings. The van der Waals surface area contributed by atoms with Crippen molar-refractivity contribution >= 4 is 11.6 Å². The quantitative estimate of drug-likeness (QED) is 0.718. The van der Waals surface area contributed by atoms with E-state index in [1.807, 2.05) is 0 Å². The molecule has 0 bridgehead atoms. The Kier molecular flexibility index (Phi) is 5.20. The van der Waals surface area contributed by atoms with Crippen molar-refractivity contribution in [3.63, 3.8) is 0 Å². The molecule has 8 heteroatoms. The van der Waals surface area contributed by atoms with Gasteiger partial charge in [0.05, 0.1) is 5.69 Å². The van der Waals surface area contributed by atoms with Crippen LogP contribution in [0, 0.1) is 5.92 Å². The van der Waals surface area contributed by atoms with Gasteiger partial charge in [-0.05, 0) is 24.1 Å². The third kappa shape index (κ3) is 4.96. The average molecular weight is 292 g/mol. The molecule has 1 unspecified atom stereocenters. The van der Waals surface area contributed by atoms with Crippen LogP contribution >= 0.6 is 0 Å². The molecule has 1 rings (SSSR count). The maximum atomic E-state index is 12.0. The van der Waals surface area contributed by atoms with Crippen LogP contribution in [-0.2, 0) is 0 Å². The highest BCUT2D eigenvalue weighted by Gasteiger charge is 2.32. The van der Waals surface area contributed by atoms with Crippen LogP contribution in [0.1, 0.15) is 17.3 Å². The number of ether oxygens (including phenoxy) is 1. The van der Waals surface area contributed by atoms with Gasteiger partial charge in [-0.15, -0.1) is 13.2 Å². The lowest BCUT2D eigenvalue weighted by Gasteiger charge is -2.13. The smallest absolute Gasteiger partial charge is 0.404 e. The van der Waals surface area contributed by atoms with Crippen molar-refractivity contribution in [3.8, 4) is 5.75 Å². The second-order valence-electron chi connectivity index (χ2n) is 4.30. The summed E-state index contributed by atoms with van der Waals surface area (Å²) in [7, 11) is 0. The molecule has 1 amide bonds. The fraction of sp³-hybridized carbons (Fsp3) is 0.417. The van der Waals surface area contributed by atoms with Crippen molar-refractivity contribution in [1.29, 1.82) is 0 Å². The predicted molar refractivity (Wildman–Crippen MR) is 66.1 cm³/mol. The third-order valence-corrected chi connectivity index (χ3v) is 2.42. The molecular weight excluding hydrogens is 277 g/mol. The van der Waals surface area contributed by atoms with E-state index < -0.39 is 18.0 Å². The van der Waals surface area contributed by atoms with Crippen molar-refractivity contribution in [1.82, 2.24) is 5.32 Å². The first-order chi connectivity index (χ1) is 9.23. The lowest BCUT2D eigenvalue weighted by Crippen LogP contribution is -2.29. The molecule has 1 atom stereocenters. The Morgan fingerprint density at radius 3 is 2.65 bits per heavy atom. The molecule has 0 aliphatic heterocycles. The average Bonchev–Trinajstić information content (AvgIpc) is 2.36. The number of carbonyl (C=O) groups is 1. The Bertz CT molecular complexity index is 478. The summed E-state index contributed by atoms with van der Waals surface area (Å²) in [5, 5.41) is 11.3. The van der Waals surface area contributed by atoms with Gasteiger partial charge in [0.1, 0.15) is 0 Å². The minimum atomic E-state index is -4.84. The van der Waals surface area contributed by atoms with Crippen LogP contribution in [0.25, 0.3) is 0 Å². The summed E-state index contributed by atoms with van der Waals surface area (Å²) in [6.45, 7) is 1.89. The van der Waals surface area contributed by atoms with E-state index in [0.29, 0.717) is 0 Å². The zero-order valence-electron chi connectivity index (χ0n) is 10.7. The highest BCUT2D eigenvalue weighted by atomic mass is 19.4. The lowest BCUT2D eigenvalue weighted by molar-refractivity contribution is -0.274. The lowest BCUT2D eigenvalue weighted by atomic mass is 10.1. The number of anilines is 1. The third-order valence-electron chi connectivity index (χ3n) is 2.42. The largest absolute Gasteiger partial charge is 0.573 e. The normalized spacial score (nSPS) is 12.8. The minimum absolute atomic E-state index is 0.0826. The number of nitrogen functional groups attached to an aromatic ring is 1. The first-order valence-electron chi connectivity index (χ1n) is 5.77. The Hall–Kier alpha value is -1.96. The van der Waals surface area contributed by atoms with E-state index in [9.17, 15) is 18.0 Å². The molecule has 0 heterocycles. The van der Waals surface area contributed by atoms with Gasteiger partial charge in [-0.25, -0.2) is 0 Å². The highest BCUT2D eigenvalue weighted by Crippen LogP contribution is 2.28. The molecule has 0 saturated heterocycles. The fourth-order valence-corrected chi connectivity index (χ4v) is 1.34. The predicted octanol–water partition coefficient (Wildman–Crippen LogP) is 1.53. The standard InChI is InChI=1S/C12H15F3N2O3/c1-7(6-18)5-17-11(19)8-2-3-10(9(16)4-8)20-12(13,14)15/h2-4,7,18H,5-6,16H2,1H3,(H,17,19). The van der Waals surface area contributed by atoms with Crippen molar-refractivity contribution in [2.45, 2.75) is 13.3 Å². The zero-order valence-corrected chi connectivity index (χ0v) is 10.7. The number of nitrogens with one attached hydrogen (secondary N) is 1. The van der Waals surface area contributed by atoms with Crippen molar-refractivity contribution < 1.29 is 27.8 Å². The molecule has 20 heavy (non-hydrogen) atoms. The van der Waals surface area contributed by atoms with E-state index in [0.717, 1.165) is 12.1 Å². The zero-order chi connectivity index (χ0) is 15.3. The molecule has 0 fully saturated rings. The molecule has 0 aliphatic carbocycles. The number of alkyl halides is 3. The summed E-state index contributed by atoms with van der Waals surface area (Å²) < 4.78 is 39.8. The Labute approximate surface area is 113 Å². The van der Waals surface area contributed by atoms with Gasteiger partial charge in [0.25, 0.3) is 5.91 Å². The number of aliphatic hydroxyl groups excluding tert-OH is 1. The Morgan fingerprint density at radius 1 is 1.50 bits per heavy atom. The van der Waals surface area contributed by atoms with Crippen LogP contribution in [0.3, 0.4) is 0 Å². The van der Waals surface area contributed by atoms with Crippen molar-refractivity contribution in [3.05, 3.63) is 23.8 Å². The van der Waals surface area contributed by atoms with Gasteiger partial charge in [-0.2, -0.15) is 0 Å². The number of aliphatic hydroxyl groups is 1. The molecule has 0 aromatic heterocycles. The molecule has 5 nitrogen and oxygen atoms in total.